The SMILES string of the molecule is Cc1ccc(C(=O)Oc2ccc(C(=O)OCC(C)CCOC(=O)c3ccc(OC(=O)c4ccc(C)cc4)c(CO)c3)cc2)cc1. The number of hydrogen-bond donors (Lipinski definition) is 1. The normalized spacial score (nSPS) is 11.3. The highest BCUT2D eigenvalue weighted by Gasteiger charge is 2.17. The number of aliphatic hydroxyl groups excluding tert-OH is 1. The van der Waals surface area contributed by atoms with Crippen molar-refractivity contribution in [2.75, 3.05) is 13.2 Å². The summed E-state index contributed by atoms with van der Waals surface area (Å²) in [6.45, 7) is 5.43. The van der Waals surface area contributed by atoms with Gasteiger partial charge in [-0.25, -0.2) is 19.2 Å². The molecule has 0 radical (unpaired) electrons. The van der Waals surface area contributed by atoms with E-state index in [0.29, 0.717) is 28.9 Å². The van der Waals surface area contributed by atoms with Crippen molar-refractivity contribution in [1.29, 1.82) is 0 Å². The summed E-state index contributed by atoms with van der Waals surface area (Å²) in [6, 6.07) is 24.3. The molecule has 1 unspecified atom stereocenters. The summed E-state index contributed by atoms with van der Waals surface area (Å²) in [5, 5.41) is 9.77. The van der Waals surface area contributed by atoms with Crippen LogP contribution in [0.5, 0.6) is 11.5 Å². The van der Waals surface area contributed by atoms with E-state index in [-0.39, 0.29) is 36.0 Å². The summed E-state index contributed by atoms with van der Waals surface area (Å²) < 4.78 is 21.5. The molecule has 0 aliphatic heterocycles. The second kappa shape index (κ2) is 15.4. The van der Waals surface area contributed by atoms with Crippen molar-refractivity contribution < 1.29 is 43.2 Å². The molecule has 0 aliphatic carbocycles. The molecule has 0 fully saturated rings. The van der Waals surface area contributed by atoms with Crippen molar-refractivity contribution >= 4 is 23.9 Å². The van der Waals surface area contributed by atoms with E-state index in [4.69, 9.17) is 18.9 Å². The summed E-state index contributed by atoms with van der Waals surface area (Å²) in [4.78, 5) is 49.8. The van der Waals surface area contributed by atoms with Crippen molar-refractivity contribution in [1.82, 2.24) is 0 Å². The predicted octanol–water partition coefficient (Wildman–Crippen LogP) is 6.27. The third-order valence-corrected chi connectivity index (χ3v) is 6.89. The highest BCUT2D eigenvalue weighted by Crippen LogP contribution is 2.23. The molecule has 0 aliphatic rings. The number of carbonyl (C=O) groups excluding carboxylic acids is 4. The van der Waals surface area contributed by atoms with Crippen LogP contribution in [0.25, 0.3) is 0 Å². The quantitative estimate of drug-likeness (QED) is 0.146. The zero-order chi connectivity index (χ0) is 32.3. The van der Waals surface area contributed by atoms with Crippen molar-refractivity contribution in [3.05, 3.63) is 130 Å². The first-order valence-electron chi connectivity index (χ1n) is 14.4. The second-order valence-electron chi connectivity index (χ2n) is 10.6. The lowest BCUT2D eigenvalue weighted by atomic mass is 10.1. The smallest absolute Gasteiger partial charge is 0.343 e. The van der Waals surface area contributed by atoms with Gasteiger partial charge >= 0.3 is 23.9 Å². The molecule has 0 heterocycles. The molecule has 4 aromatic carbocycles. The standard InChI is InChI=1S/C36H34O9/c1-23-4-8-27(9-5-23)35(40)44-31-15-12-26(13-16-31)33(38)43-22-25(3)18-19-42-34(39)29-14-17-32(30(20-29)21-37)45-36(41)28-10-6-24(2)7-11-28/h4-17,20,25,37H,18-19,21-22H2,1-3H3. The lowest BCUT2D eigenvalue weighted by molar-refractivity contribution is 0.0367. The number of carbonyl (C=O) groups is 4. The number of ether oxygens (including phenoxy) is 4. The van der Waals surface area contributed by atoms with Crippen molar-refractivity contribution in [3.8, 4) is 11.5 Å². The molecule has 0 bridgehead atoms. The van der Waals surface area contributed by atoms with Crippen LogP contribution in [0, 0.1) is 19.8 Å². The highest BCUT2D eigenvalue weighted by atomic mass is 16.5. The van der Waals surface area contributed by atoms with Gasteiger partial charge in [0.2, 0.25) is 0 Å². The number of esters is 4. The molecule has 1 N–H and O–H groups in total. The predicted molar refractivity (Wildman–Crippen MR) is 165 cm³/mol. The molecule has 1 atom stereocenters. The Labute approximate surface area is 261 Å². The molecule has 9 nitrogen and oxygen atoms in total. The topological polar surface area (TPSA) is 125 Å². The zero-order valence-corrected chi connectivity index (χ0v) is 25.3. The summed E-state index contributed by atoms with van der Waals surface area (Å²) in [5.74, 6) is -1.86. The van der Waals surface area contributed by atoms with Crippen LogP contribution in [0.4, 0.5) is 0 Å². The molecule has 45 heavy (non-hydrogen) atoms. The highest BCUT2D eigenvalue weighted by molar-refractivity contribution is 5.93. The number of benzene rings is 4. The van der Waals surface area contributed by atoms with Crippen LogP contribution in [-0.4, -0.2) is 42.2 Å². The van der Waals surface area contributed by atoms with Crippen LogP contribution in [-0.2, 0) is 16.1 Å². The van der Waals surface area contributed by atoms with Gasteiger partial charge < -0.3 is 24.1 Å². The molecule has 0 saturated heterocycles. The van der Waals surface area contributed by atoms with Gasteiger partial charge in [-0.05, 0) is 92.9 Å². The van der Waals surface area contributed by atoms with Gasteiger partial charge in [0.1, 0.15) is 11.5 Å². The van der Waals surface area contributed by atoms with Gasteiger partial charge in [-0.15, -0.1) is 0 Å². The van der Waals surface area contributed by atoms with Gasteiger partial charge in [-0.3, -0.25) is 0 Å². The Morgan fingerprint density at radius 3 is 1.69 bits per heavy atom. The lowest BCUT2D eigenvalue weighted by Crippen LogP contribution is -2.15. The average molecular weight is 611 g/mol. The second-order valence-corrected chi connectivity index (χ2v) is 10.6. The van der Waals surface area contributed by atoms with Crippen LogP contribution in [0.15, 0.2) is 91.0 Å². The summed E-state index contributed by atoms with van der Waals surface area (Å²) >= 11 is 0. The van der Waals surface area contributed by atoms with Crippen molar-refractivity contribution in [3.63, 3.8) is 0 Å². The molecule has 232 valence electrons. The third-order valence-electron chi connectivity index (χ3n) is 6.89. The fraction of sp³-hybridized carbons (Fsp3) is 0.222. The van der Waals surface area contributed by atoms with Crippen LogP contribution < -0.4 is 9.47 Å². The fourth-order valence-electron chi connectivity index (χ4n) is 4.11. The van der Waals surface area contributed by atoms with E-state index in [2.05, 4.69) is 0 Å². The van der Waals surface area contributed by atoms with Crippen molar-refractivity contribution in [2.24, 2.45) is 5.92 Å². The molecule has 0 spiro atoms. The largest absolute Gasteiger partial charge is 0.462 e. The summed E-state index contributed by atoms with van der Waals surface area (Å²) in [5.41, 5.74) is 3.59. The van der Waals surface area contributed by atoms with Crippen LogP contribution in [0.2, 0.25) is 0 Å². The number of aliphatic hydroxyl groups is 1. The van der Waals surface area contributed by atoms with Crippen LogP contribution in [0.1, 0.15) is 71.5 Å². The van der Waals surface area contributed by atoms with Gasteiger partial charge in [-0.2, -0.15) is 0 Å². The van der Waals surface area contributed by atoms with Gasteiger partial charge in [0.05, 0.1) is 42.1 Å². The van der Waals surface area contributed by atoms with E-state index in [0.717, 1.165) is 11.1 Å². The van der Waals surface area contributed by atoms with Crippen LogP contribution >= 0.6 is 0 Å². The number of hydrogen-bond acceptors (Lipinski definition) is 9. The first-order valence-corrected chi connectivity index (χ1v) is 14.4. The molecule has 4 aromatic rings. The Bertz CT molecular complexity index is 1640. The fourth-order valence-corrected chi connectivity index (χ4v) is 4.11. The monoisotopic (exact) mass is 610 g/mol. The molecule has 0 aromatic heterocycles. The molecule has 4 rings (SSSR count). The van der Waals surface area contributed by atoms with Crippen LogP contribution in [0.3, 0.4) is 0 Å². The van der Waals surface area contributed by atoms with Crippen molar-refractivity contribution in [2.45, 2.75) is 33.8 Å². The third kappa shape index (κ3) is 9.35. The Morgan fingerprint density at radius 1 is 0.622 bits per heavy atom. The zero-order valence-electron chi connectivity index (χ0n) is 25.3. The lowest BCUT2D eigenvalue weighted by Gasteiger charge is -2.13. The van der Waals surface area contributed by atoms with Gasteiger partial charge in [0.15, 0.2) is 0 Å². The van der Waals surface area contributed by atoms with E-state index in [1.165, 1.54) is 42.5 Å². The maximum absolute atomic E-state index is 12.6. The number of rotatable bonds is 12. The molecule has 9 heteroatoms. The summed E-state index contributed by atoms with van der Waals surface area (Å²) in [7, 11) is 0. The minimum absolute atomic E-state index is 0.0806. The number of aryl methyl sites for hydroxylation is 2. The maximum Gasteiger partial charge on any atom is 0.343 e. The minimum Gasteiger partial charge on any atom is -0.462 e. The van der Waals surface area contributed by atoms with Gasteiger partial charge in [0, 0.05) is 5.56 Å². The maximum atomic E-state index is 12.6. The average Bonchev–Trinajstić information content (AvgIpc) is 3.04. The first kappa shape index (κ1) is 32.6. The first-order chi connectivity index (χ1) is 21.6. The Hall–Kier alpha value is -5.28. The minimum atomic E-state index is -0.603. The Morgan fingerprint density at radius 2 is 1.11 bits per heavy atom. The van der Waals surface area contributed by atoms with E-state index < -0.39 is 30.5 Å². The Kier molecular flexibility index (Phi) is 11.2. The van der Waals surface area contributed by atoms with E-state index >= 15 is 0 Å². The van der Waals surface area contributed by atoms with Gasteiger partial charge in [-0.1, -0.05) is 42.3 Å². The van der Waals surface area contributed by atoms with E-state index in [9.17, 15) is 24.3 Å². The molecular weight excluding hydrogens is 576 g/mol. The van der Waals surface area contributed by atoms with E-state index in [1.54, 1.807) is 36.4 Å². The Balaban J connectivity index is 1.20. The van der Waals surface area contributed by atoms with E-state index in [1.807, 2.05) is 32.9 Å². The summed E-state index contributed by atoms with van der Waals surface area (Å²) in [6.07, 6.45) is 0.437. The molecule has 0 amide bonds. The molecule has 0 saturated carbocycles. The van der Waals surface area contributed by atoms with Gasteiger partial charge in [0.25, 0.3) is 0 Å². The molecular formula is C36H34O9.